The average molecular weight is 245 g/mol. The van der Waals surface area contributed by atoms with E-state index < -0.39 is 0 Å². The van der Waals surface area contributed by atoms with E-state index in [1.54, 1.807) is 0 Å². The molecule has 0 fully saturated rings. The zero-order chi connectivity index (χ0) is 13.1. The molecular weight excluding hydrogens is 230 g/mol. The molecule has 0 atom stereocenters. The third kappa shape index (κ3) is 2.50. The molecule has 0 aliphatic heterocycles. The van der Waals surface area contributed by atoms with Crippen LogP contribution in [0.3, 0.4) is 0 Å². The lowest BCUT2D eigenvalue weighted by Gasteiger charge is -2.10. The van der Waals surface area contributed by atoms with E-state index in [2.05, 4.69) is 54.4 Å². The number of hydrogen-bond donors (Lipinski definition) is 1. The zero-order valence-corrected chi connectivity index (χ0v) is 10.6. The van der Waals surface area contributed by atoms with Gasteiger partial charge in [0.25, 0.3) is 0 Å². The fourth-order valence-electron chi connectivity index (χ4n) is 2.14. The molecule has 0 aromatic heterocycles. The minimum Gasteiger partial charge on any atom is -0.356 e. The Morgan fingerprint density at radius 3 is 2.21 bits per heavy atom. The fourth-order valence-corrected chi connectivity index (χ4v) is 2.14. The highest BCUT2D eigenvalue weighted by Crippen LogP contribution is 2.21. The number of rotatable bonds is 3. The van der Waals surface area contributed by atoms with Crippen LogP contribution >= 0.6 is 0 Å². The first-order valence-electron chi connectivity index (χ1n) is 6.33. The summed E-state index contributed by atoms with van der Waals surface area (Å²) in [4.78, 5) is 0. The van der Waals surface area contributed by atoms with Crippen molar-refractivity contribution in [3.05, 3.63) is 84.9 Å². The highest BCUT2D eigenvalue weighted by atomic mass is 14.9. The maximum atomic E-state index is 4.12. The van der Waals surface area contributed by atoms with E-state index in [9.17, 15) is 0 Å². The quantitative estimate of drug-likeness (QED) is 0.690. The minimum absolute atomic E-state index is 0.914. The Balaban J connectivity index is 1.89. The molecule has 1 N–H and O–H groups in total. The molecule has 0 aliphatic carbocycles. The second-order valence-electron chi connectivity index (χ2n) is 4.53. The van der Waals surface area contributed by atoms with Crippen LogP contribution in [-0.4, -0.2) is 0 Å². The Kier molecular flexibility index (Phi) is 3.03. The van der Waals surface area contributed by atoms with Crippen molar-refractivity contribution < 1.29 is 0 Å². The Bertz CT molecular complexity index is 714. The first-order chi connectivity index (χ1) is 9.33. The maximum Gasteiger partial charge on any atom is 0.0385 e. The Labute approximate surface area is 113 Å². The van der Waals surface area contributed by atoms with Crippen molar-refractivity contribution in [3.63, 3.8) is 0 Å². The lowest BCUT2D eigenvalue weighted by Crippen LogP contribution is -1.96. The smallest absolute Gasteiger partial charge is 0.0385 e. The summed E-state index contributed by atoms with van der Waals surface area (Å²) >= 11 is 0. The van der Waals surface area contributed by atoms with Crippen molar-refractivity contribution in [2.45, 2.75) is 0 Å². The molecule has 0 radical (unpaired) electrons. The van der Waals surface area contributed by atoms with E-state index in [0.717, 1.165) is 16.9 Å². The van der Waals surface area contributed by atoms with Crippen LogP contribution in [0.2, 0.25) is 0 Å². The Morgan fingerprint density at radius 1 is 0.737 bits per heavy atom. The van der Waals surface area contributed by atoms with Crippen LogP contribution in [-0.2, 0) is 0 Å². The van der Waals surface area contributed by atoms with Crippen LogP contribution in [0.25, 0.3) is 16.5 Å². The number of nitrogens with one attached hydrogen (secondary N) is 1. The van der Waals surface area contributed by atoms with E-state index in [1.807, 2.05) is 30.3 Å². The summed E-state index contributed by atoms with van der Waals surface area (Å²) in [5, 5.41) is 5.81. The van der Waals surface area contributed by atoms with Gasteiger partial charge >= 0.3 is 0 Å². The summed E-state index contributed by atoms with van der Waals surface area (Å²) in [5.74, 6) is 0. The van der Waals surface area contributed by atoms with Gasteiger partial charge in [0.1, 0.15) is 0 Å². The molecule has 0 bridgehead atoms. The molecule has 0 spiro atoms. The molecule has 1 heteroatoms. The normalized spacial score (nSPS) is 10.3. The van der Waals surface area contributed by atoms with Crippen molar-refractivity contribution in [3.8, 4) is 0 Å². The summed E-state index contributed by atoms with van der Waals surface area (Å²) in [7, 11) is 0. The highest BCUT2D eigenvalue weighted by Gasteiger charge is 2.00. The monoisotopic (exact) mass is 245 g/mol. The topological polar surface area (TPSA) is 12.0 Å². The summed E-state index contributed by atoms with van der Waals surface area (Å²) in [6, 6.07) is 24.8. The van der Waals surface area contributed by atoms with E-state index >= 15 is 0 Å². The van der Waals surface area contributed by atoms with Crippen molar-refractivity contribution in [2.24, 2.45) is 0 Å². The SMILES string of the molecule is C=C(Nc1ccccc1)c1ccc2ccccc2c1. The Morgan fingerprint density at radius 2 is 1.42 bits per heavy atom. The predicted molar refractivity (Wildman–Crippen MR) is 83.0 cm³/mol. The summed E-state index contributed by atoms with van der Waals surface area (Å²) < 4.78 is 0. The second kappa shape index (κ2) is 4.99. The van der Waals surface area contributed by atoms with Gasteiger partial charge in [0.05, 0.1) is 0 Å². The average Bonchev–Trinajstić information content (AvgIpc) is 2.48. The van der Waals surface area contributed by atoms with Gasteiger partial charge in [0, 0.05) is 11.4 Å². The van der Waals surface area contributed by atoms with Gasteiger partial charge in [-0.15, -0.1) is 0 Å². The highest BCUT2D eigenvalue weighted by molar-refractivity contribution is 5.87. The summed E-state index contributed by atoms with van der Waals surface area (Å²) in [6.45, 7) is 4.12. The molecular formula is C18H15N. The molecule has 0 heterocycles. The van der Waals surface area contributed by atoms with E-state index in [-0.39, 0.29) is 0 Å². The Hall–Kier alpha value is -2.54. The fraction of sp³-hybridized carbons (Fsp3) is 0. The van der Waals surface area contributed by atoms with E-state index in [1.165, 1.54) is 10.8 Å². The molecule has 0 amide bonds. The molecule has 0 saturated heterocycles. The first-order valence-corrected chi connectivity index (χ1v) is 6.33. The van der Waals surface area contributed by atoms with E-state index in [4.69, 9.17) is 0 Å². The third-order valence-electron chi connectivity index (χ3n) is 3.17. The second-order valence-corrected chi connectivity index (χ2v) is 4.53. The molecule has 92 valence electrons. The number of anilines is 1. The summed E-state index contributed by atoms with van der Waals surface area (Å²) in [5.41, 5.74) is 3.08. The van der Waals surface area contributed by atoms with Gasteiger partial charge in [-0.3, -0.25) is 0 Å². The molecule has 3 aromatic rings. The minimum atomic E-state index is 0.914. The molecule has 3 rings (SSSR count). The van der Waals surface area contributed by atoms with Crippen molar-refractivity contribution >= 4 is 22.2 Å². The van der Waals surface area contributed by atoms with Gasteiger partial charge in [0.15, 0.2) is 0 Å². The van der Waals surface area contributed by atoms with E-state index in [0.29, 0.717) is 0 Å². The third-order valence-corrected chi connectivity index (χ3v) is 3.17. The van der Waals surface area contributed by atoms with Crippen molar-refractivity contribution in [1.82, 2.24) is 0 Å². The lowest BCUT2D eigenvalue weighted by atomic mass is 10.1. The standard InChI is InChI=1S/C18H15N/c1-14(19-18-9-3-2-4-10-18)16-12-11-15-7-5-6-8-17(15)13-16/h2-13,19H,1H2. The predicted octanol–water partition coefficient (Wildman–Crippen LogP) is 4.92. The van der Waals surface area contributed by atoms with Gasteiger partial charge in [-0.1, -0.05) is 61.2 Å². The van der Waals surface area contributed by atoms with Crippen molar-refractivity contribution in [1.29, 1.82) is 0 Å². The molecule has 0 aliphatic rings. The van der Waals surface area contributed by atoms with Crippen LogP contribution in [0.4, 0.5) is 5.69 Å². The van der Waals surface area contributed by atoms with Gasteiger partial charge in [-0.2, -0.15) is 0 Å². The number of fused-ring (bicyclic) bond motifs is 1. The number of para-hydroxylation sites is 1. The zero-order valence-electron chi connectivity index (χ0n) is 10.6. The molecule has 19 heavy (non-hydrogen) atoms. The first kappa shape index (κ1) is 11.5. The van der Waals surface area contributed by atoms with Crippen molar-refractivity contribution in [2.75, 3.05) is 5.32 Å². The van der Waals surface area contributed by atoms with Gasteiger partial charge in [0.2, 0.25) is 0 Å². The summed E-state index contributed by atoms with van der Waals surface area (Å²) in [6.07, 6.45) is 0. The maximum absolute atomic E-state index is 4.12. The van der Waals surface area contributed by atoms with Gasteiger partial charge in [-0.25, -0.2) is 0 Å². The molecule has 0 unspecified atom stereocenters. The number of benzene rings is 3. The molecule has 0 saturated carbocycles. The van der Waals surface area contributed by atoms with Crippen LogP contribution in [0, 0.1) is 0 Å². The van der Waals surface area contributed by atoms with Crippen LogP contribution in [0.5, 0.6) is 0 Å². The lowest BCUT2D eigenvalue weighted by molar-refractivity contribution is 1.56. The largest absolute Gasteiger partial charge is 0.356 e. The van der Waals surface area contributed by atoms with Crippen LogP contribution in [0.1, 0.15) is 5.56 Å². The van der Waals surface area contributed by atoms with Crippen LogP contribution < -0.4 is 5.32 Å². The molecule has 1 nitrogen and oxygen atoms in total. The van der Waals surface area contributed by atoms with Gasteiger partial charge in [-0.05, 0) is 34.5 Å². The molecule has 3 aromatic carbocycles. The van der Waals surface area contributed by atoms with Crippen LogP contribution in [0.15, 0.2) is 79.4 Å². The van der Waals surface area contributed by atoms with Gasteiger partial charge < -0.3 is 5.32 Å². The number of hydrogen-bond acceptors (Lipinski definition) is 1.